The maximum absolute atomic E-state index is 13.7. The zero-order chi connectivity index (χ0) is 14.8. The minimum Gasteiger partial charge on any atom is -0.436 e. The lowest BCUT2D eigenvalue weighted by Crippen LogP contribution is -2.11. The van der Waals surface area contributed by atoms with E-state index in [4.69, 9.17) is 10.6 Å². The van der Waals surface area contributed by atoms with Crippen molar-refractivity contribution in [2.45, 2.75) is 25.7 Å². The molecule has 1 heterocycles. The van der Waals surface area contributed by atoms with Crippen molar-refractivity contribution in [2.24, 2.45) is 5.84 Å². The van der Waals surface area contributed by atoms with Gasteiger partial charge in [-0.25, -0.2) is 14.6 Å². The Kier molecular flexibility index (Phi) is 3.70. The highest BCUT2D eigenvalue weighted by molar-refractivity contribution is 5.42. The van der Waals surface area contributed by atoms with Gasteiger partial charge in [-0.1, -0.05) is 6.07 Å². The quantitative estimate of drug-likeness (QED) is 0.673. The van der Waals surface area contributed by atoms with Crippen LogP contribution in [0.1, 0.15) is 24.0 Å². The average molecular weight is 291 g/mol. The summed E-state index contributed by atoms with van der Waals surface area (Å²) in [6.07, 6.45) is 4.37. The second-order valence-electron chi connectivity index (χ2n) is 4.99. The zero-order valence-corrected chi connectivity index (χ0v) is 11.3. The third-order valence-corrected chi connectivity index (χ3v) is 3.57. The Balaban J connectivity index is 1.90. The predicted molar refractivity (Wildman–Crippen MR) is 75.1 cm³/mol. The lowest BCUT2D eigenvalue weighted by atomic mass is 9.92. The number of hydrazine groups is 1. The van der Waals surface area contributed by atoms with Crippen LogP contribution in [0.3, 0.4) is 0 Å². The molecular weight excluding hydrogens is 276 g/mol. The molecule has 1 aromatic heterocycles. The van der Waals surface area contributed by atoms with Gasteiger partial charge in [0.25, 0.3) is 5.88 Å². The molecule has 110 valence electrons. The summed E-state index contributed by atoms with van der Waals surface area (Å²) in [7, 11) is 0. The summed E-state index contributed by atoms with van der Waals surface area (Å²) in [5, 5.41) is 0. The molecule has 0 bridgehead atoms. The molecule has 0 spiro atoms. The number of halogens is 2. The number of pyridine rings is 1. The van der Waals surface area contributed by atoms with Gasteiger partial charge < -0.3 is 10.2 Å². The van der Waals surface area contributed by atoms with Gasteiger partial charge in [0.15, 0.2) is 17.5 Å². The van der Waals surface area contributed by atoms with Crippen LogP contribution in [0.2, 0.25) is 0 Å². The van der Waals surface area contributed by atoms with Crippen LogP contribution in [0.4, 0.5) is 14.6 Å². The number of nitrogen functional groups attached to an aromatic ring is 1. The Morgan fingerprint density at radius 2 is 1.81 bits per heavy atom. The lowest BCUT2D eigenvalue weighted by molar-refractivity contribution is 0.417. The molecule has 0 radical (unpaired) electrons. The highest BCUT2D eigenvalue weighted by Crippen LogP contribution is 2.29. The lowest BCUT2D eigenvalue weighted by Gasteiger charge is -2.16. The summed E-state index contributed by atoms with van der Waals surface area (Å²) in [5.41, 5.74) is 4.57. The Bertz CT molecular complexity index is 676. The van der Waals surface area contributed by atoms with Gasteiger partial charge in [0.2, 0.25) is 0 Å². The standard InChI is InChI=1S/C15H15F2N3O/c16-12-8-13(17)15(19-14(12)20-18)21-11-6-5-9-3-1-2-4-10(9)7-11/h5-8H,1-4,18H2,(H,19,20). The van der Waals surface area contributed by atoms with E-state index in [1.165, 1.54) is 17.5 Å². The molecule has 3 rings (SSSR count). The molecular formula is C15H15F2N3O. The Morgan fingerprint density at radius 1 is 1.05 bits per heavy atom. The van der Waals surface area contributed by atoms with Crippen LogP contribution in [0, 0.1) is 11.6 Å². The van der Waals surface area contributed by atoms with Gasteiger partial charge in [0.1, 0.15) is 5.75 Å². The van der Waals surface area contributed by atoms with Gasteiger partial charge in [-0.15, -0.1) is 0 Å². The largest absolute Gasteiger partial charge is 0.436 e. The SMILES string of the molecule is NNc1nc(Oc2ccc3c(c2)CCCC3)c(F)cc1F. The minimum atomic E-state index is -0.871. The number of hydrogen-bond donors (Lipinski definition) is 2. The third-order valence-electron chi connectivity index (χ3n) is 3.57. The smallest absolute Gasteiger partial charge is 0.258 e. The van der Waals surface area contributed by atoms with Gasteiger partial charge in [0, 0.05) is 6.07 Å². The van der Waals surface area contributed by atoms with E-state index in [0.717, 1.165) is 19.3 Å². The Morgan fingerprint density at radius 3 is 2.57 bits per heavy atom. The summed E-state index contributed by atoms with van der Waals surface area (Å²) in [4.78, 5) is 3.69. The fraction of sp³-hybridized carbons (Fsp3) is 0.267. The summed E-state index contributed by atoms with van der Waals surface area (Å²) < 4.78 is 32.4. The minimum absolute atomic E-state index is 0.260. The predicted octanol–water partition coefficient (Wildman–Crippen LogP) is 3.32. The molecule has 0 saturated heterocycles. The number of rotatable bonds is 3. The van der Waals surface area contributed by atoms with Crippen molar-refractivity contribution >= 4 is 5.82 Å². The first-order valence-electron chi connectivity index (χ1n) is 6.79. The van der Waals surface area contributed by atoms with E-state index in [1.54, 1.807) is 6.07 Å². The first-order chi connectivity index (χ1) is 10.2. The molecule has 0 fully saturated rings. The van der Waals surface area contributed by atoms with Gasteiger partial charge in [-0.05, 0) is 48.9 Å². The molecule has 1 aromatic carbocycles. The van der Waals surface area contributed by atoms with Gasteiger partial charge >= 0.3 is 0 Å². The highest BCUT2D eigenvalue weighted by Gasteiger charge is 2.15. The van der Waals surface area contributed by atoms with Gasteiger partial charge in [0.05, 0.1) is 0 Å². The first-order valence-corrected chi connectivity index (χ1v) is 6.79. The molecule has 0 aliphatic heterocycles. The van der Waals surface area contributed by atoms with E-state index in [9.17, 15) is 8.78 Å². The van der Waals surface area contributed by atoms with Crippen LogP contribution >= 0.6 is 0 Å². The maximum Gasteiger partial charge on any atom is 0.258 e. The van der Waals surface area contributed by atoms with E-state index in [1.807, 2.05) is 12.1 Å². The molecule has 0 atom stereocenters. The summed E-state index contributed by atoms with van der Waals surface area (Å²) in [6, 6.07) is 6.32. The Hall–Kier alpha value is -2.21. The molecule has 0 unspecified atom stereocenters. The highest BCUT2D eigenvalue weighted by atomic mass is 19.1. The van der Waals surface area contributed by atoms with Crippen LogP contribution in [0.15, 0.2) is 24.3 Å². The van der Waals surface area contributed by atoms with Gasteiger partial charge in [-0.2, -0.15) is 4.98 Å². The van der Waals surface area contributed by atoms with Gasteiger partial charge in [-0.3, -0.25) is 0 Å². The van der Waals surface area contributed by atoms with Crippen molar-refractivity contribution in [3.05, 3.63) is 47.0 Å². The number of nitrogens with zero attached hydrogens (tertiary/aromatic N) is 1. The average Bonchev–Trinajstić information content (AvgIpc) is 2.50. The van der Waals surface area contributed by atoms with Crippen LogP contribution in [0.5, 0.6) is 11.6 Å². The monoisotopic (exact) mass is 291 g/mol. The second-order valence-corrected chi connectivity index (χ2v) is 4.99. The number of nitrogens with two attached hydrogens (primary N) is 1. The third kappa shape index (κ3) is 2.80. The molecule has 0 amide bonds. The van der Waals surface area contributed by atoms with Crippen molar-refractivity contribution in [3.8, 4) is 11.6 Å². The fourth-order valence-corrected chi connectivity index (χ4v) is 2.51. The van der Waals surface area contributed by atoms with E-state index >= 15 is 0 Å². The molecule has 21 heavy (non-hydrogen) atoms. The fourth-order valence-electron chi connectivity index (χ4n) is 2.51. The van der Waals surface area contributed by atoms with E-state index in [-0.39, 0.29) is 11.7 Å². The van der Waals surface area contributed by atoms with Crippen molar-refractivity contribution < 1.29 is 13.5 Å². The topological polar surface area (TPSA) is 60.2 Å². The molecule has 6 heteroatoms. The summed E-state index contributed by atoms with van der Waals surface area (Å²) in [5.74, 6) is 3.30. The summed E-state index contributed by atoms with van der Waals surface area (Å²) >= 11 is 0. The zero-order valence-electron chi connectivity index (χ0n) is 11.3. The number of ether oxygens (including phenoxy) is 1. The number of benzene rings is 1. The number of anilines is 1. The van der Waals surface area contributed by atoms with Crippen LogP contribution in [-0.2, 0) is 12.8 Å². The number of fused-ring (bicyclic) bond motifs is 1. The number of aryl methyl sites for hydroxylation is 2. The number of aromatic nitrogens is 1. The van der Waals surface area contributed by atoms with E-state index in [2.05, 4.69) is 10.4 Å². The number of nitrogens with one attached hydrogen (secondary N) is 1. The molecule has 4 nitrogen and oxygen atoms in total. The maximum atomic E-state index is 13.7. The molecule has 1 aliphatic carbocycles. The van der Waals surface area contributed by atoms with E-state index < -0.39 is 11.6 Å². The van der Waals surface area contributed by atoms with E-state index in [0.29, 0.717) is 11.8 Å². The van der Waals surface area contributed by atoms with Crippen LogP contribution in [0.25, 0.3) is 0 Å². The van der Waals surface area contributed by atoms with Crippen LogP contribution in [-0.4, -0.2) is 4.98 Å². The molecule has 1 aliphatic rings. The van der Waals surface area contributed by atoms with Crippen molar-refractivity contribution in [2.75, 3.05) is 5.43 Å². The normalized spacial score (nSPS) is 13.7. The van der Waals surface area contributed by atoms with Crippen molar-refractivity contribution in [3.63, 3.8) is 0 Å². The number of hydrogen-bond acceptors (Lipinski definition) is 4. The molecule has 3 N–H and O–H groups in total. The van der Waals surface area contributed by atoms with Crippen LogP contribution < -0.4 is 16.0 Å². The summed E-state index contributed by atoms with van der Waals surface area (Å²) in [6.45, 7) is 0. The molecule has 2 aromatic rings. The Labute approximate surface area is 120 Å². The van der Waals surface area contributed by atoms with Crippen molar-refractivity contribution in [1.29, 1.82) is 0 Å². The second kappa shape index (κ2) is 5.65. The first kappa shape index (κ1) is 13.8. The van der Waals surface area contributed by atoms with Crippen molar-refractivity contribution in [1.82, 2.24) is 4.98 Å². The molecule has 0 saturated carbocycles.